The topological polar surface area (TPSA) is 80.6 Å². The molecule has 0 aliphatic heterocycles. The monoisotopic (exact) mass is 421 g/mol. The predicted molar refractivity (Wildman–Crippen MR) is 110 cm³/mol. The van der Waals surface area contributed by atoms with Crippen molar-refractivity contribution in [2.45, 2.75) is 10.9 Å². The molecule has 28 heavy (non-hydrogen) atoms. The molecule has 150 valence electrons. The molecule has 0 radical (unpaired) electrons. The van der Waals surface area contributed by atoms with Gasteiger partial charge in [0, 0.05) is 36.7 Å². The summed E-state index contributed by atoms with van der Waals surface area (Å²) in [5.41, 5.74) is 2.11. The second-order valence-corrected chi connectivity index (χ2v) is 9.30. The Bertz CT molecular complexity index is 1100. The van der Waals surface area contributed by atoms with Gasteiger partial charge in [0.2, 0.25) is 10.0 Å². The van der Waals surface area contributed by atoms with Gasteiger partial charge in [-0.05, 0) is 37.2 Å². The molecule has 2 heterocycles. The first-order chi connectivity index (χ1) is 13.3. The quantitative estimate of drug-likeness (QED) is 0.593. The zero-order valence-electron chi connectivity index (χ0n) is 16.2. The number of hydrogen-bond acceptors (Lipinski definition) is 6. The van der Waals surface area contributed by atoms with Crippen LogP contribution in [0.5, 0.6) is 0 Å². The summed E-state index contributed by atoms with van der Waals surface area (Å²) >= 11 is 1.04. The molecule has 3 aromatic rings. The van der Waals surface area contributed by atoms with Gasteiger partial charge in [-0.2, -0.15) is 0 Å². The first-order valence-corrected chi connectivity index (χ1v) is 11.0. The van der Waals surface area contributed by atoms with Crippen LogP contribution in [-0.4, -0.2) is 51.6 Å². The van der Waals surface area contributed by atoms with E-state index in [4.69, 9.17) is 0 Å². The Morgan fingerprint density at radius 2 is 2.00 bits per heavy atom. The second-order valence-electron chi connectivity index (χ2n) is 6.65. The molecule has 0 fully saturated rings. The molecular weight excluding hydrogens is 398 g/mol. The molecule has 0 aliphatic carbocycles. The minimum Gasteiger partial charge on any atom is -0.465 e. The standard InChI is InChI=1S/C19H23N3O4S2/c1-21(2)16(14-12-22(3)15-8-6-5-7-13(14)15)11-20-28(24,25)17-9-10-27-18(17)19(23)26-4/h5-10,12,16,20H,11H2,1-4H3. The van der Waals surface area contributed by atoms with Gasteiger partial charge in [0.05, 0.1) is 7.11 Å². The summed E-state index contributed by atoms with van der Waals surface area (Å²) in [5, 5.41) is 2.64. The Morgan fingerprint density at radius 1 is 1.29 bits per heavy atom. The molecule has 3 rings (SSSR count). The highest BCUT2D eigenvalue weighted by Crippen LogP contribution is 2.29. The number of carbonyl (C=O) groups excluding carboxylic acids is 1. The number of esters is 1. The van der Waals surface area contributed by atoms with Crippen LogP contribution < -0.4 is 4.72 Å². The average molecular weight is 422 g/mol. The number of carbonyl (C=O) groups is 1. The number of sulfonamides is 1. The SMILES string of the molecule is COC(=O)c1sccc1S(=O)(=O)NCC(c1cn(C)c2ccccc12)N(C)C. The second kappa shape index (κ2) is 8.04. The number of nitrogens with one attached hydrogen (secondary N) is 1. The van der Waals surface area contributed by atoms with Crippen molar-refractivity contribution in [1.29, 1.82) is 0 Å². The molecule has 0 bridgehead atoms. The molecule has 1 unspecified atom stereocenters. The molecule has 1 aromatic carbocycles. The molecule has 2 aromatic heterocycles. The maximum absolute atomic E-state index is 12.8. The summed E-state index contributed by atoms with van der Waals surface area (Å²) in [6.45, 7) is 0.166. The highest BCUT2D eigenvalue weighted by Gasteiger charge is 2.27. The van der Waals surface area contributed by atoms with E-state index in [1.54, 1.807) is 5.38 Å². The summed E-state index contributed by atoms with van der Waals surface area (Å²) in [6, 6.07) is 9.25. The summed E-state index contributed by atoms with van der Waals surface area (Å²) in [6.07, 6.45) is 2.02. The van der Waals surface area contributed by atoms with E-state index >= 15 is 0 Å². The van der Waals surface area contributed by atoms with Gasteiger partial charge in [0.1, 0.15) is 9.77 Å². The fourth-order valence-corrected chi connectivity index (χ4v) is 5.60. The molecule has 0 saturated carbocycles. The number of nitrogens with zero attached hydrogens (tertiary/aromatic N) is 2. The summed E-state index contributed by atoms with van der Waals surface area (Å²) < 4.78 is 35.0. The number of benzene rings is 1. The van der Waals surface area contributed by atoms with Crippen LogP contribution in [-0.2, 0) is 21.8 Å². The smallest absolute Gasteiger partial charge is 0.349 e. The van der Waals surface area contributed by atoms with Gasteiger partial charge in [-0.3, -0.25) is 0 Å². The van der Waals surface area contributed by atoms with Gasteiger partial charge in [-0.15, -0.1) is 11.3 Å². The van der Waals surface area contributed by atoms with E-state index in [9.17, 15) is 13.2 Å². The zero-order chi connectivity index (χ0) is 20.5. The van der Waals surface area contributed by atoms with Gasteiger partial charge >= 0.3 is 5.97 Å². The number of para-hydroxylation sites is 1. The molecule has 7 nitrogen and oxygen atoms in total. The van der Waals surface area contributed by atoms with Crippen molar-refractivity contribution in [3.05, 3.63) is 52.3 Å². The molecule has 1 atom stereocenters. The van der Waals surface area contributed by atoms with Gasteiger partial charge < -0.3 is 14.2 Å². The third-order valence-corrected chi connectivity index (χ3v) is 7.16. The normalized spacial score (nSPS) is 13.2. The number of thiophene rings is 1. The third-order valence-electron chi connectivity index (χ3n) is 4.67. The van der Waals surface area contributed by atoms with E-state index in [2.05, 4.69) is 9.46 Å². The van der Waals surface area contributed by atoms with Crippen molar-refractivity contribution in [3.8, 4) is 0 Å². The highest BCUT2D eigenvalue weighted by molar-refractivity contribution is 7.89. The maximum atomic E-state index is 12.8. The minimum absolute atomic E-state index is 0.0558. The van der Waals surface area contributed by atoms with Crippen LogP contribution in [0, 0.1) is 0 Å². The predicted octanol–water partition coefficient (Wildman–Crippen LogP) is 2.61. The lowest BCUT2D eigenvalue weighted by Crippen LogP contribution is -2.34. The van der Waals surface area contributed by atoms with Crippen LogP contribution in [0.4, 0.5) is 0 Å². The fraction of sp³-hybridized carbons (Fsp3) is 0.316. The molecule has 9 heteroatoms. The summed E-state index contributed by atoms with van der Waals surface area (Å²) in [5.74, 6) is -0.659. The van der Waals surface area contributed by atoms with Crippen molar-refractivity contribution < 1.29 is 17.9 Å². The number of rotatable bonds is 7. The van der Waals surface area contributed by atoms with Crippen LogP contribution in [0.25, 0.3) is 10.9 Å². The fourth-order valence-electron chi connectivity index (χ4n) is 3.23. The van der Waals surface area contributed by atoms with Crippen LogP contribution >= 0.6 is 11.3 Å². The molecule has 0 saturated heterocycles. The number of hydrogen-bond donors (Lipinski definition) is 1. The number of ether oxygens (including phenoxy) is 1. The minimum atomic E-state index is -3.86. The molecule has 1 N–H and O–H groups in total. The molecule has 0 spiro atoms. The van der Waals surface area contributed by atoms with Crippen LogP contribution in [0.2, 0.25) is 0 Å². The Labute approximate surface area is 168 Å². The van der Waals surface area contributed by atoms with E-state index in [0.717, 1.165) is 27.8 Å². The van der Waals surface area contributed by atoms with E-state index in [1.165, 1.54) is 13.2 Å². The number of fused-ring (bicyclic) bond motifs is 1. The number of likely N-dealkylation sites (N-methyl/N-ethyl adjacent to an activating group) is 1. The first-order valence-electron chi connectivity index (χ1n) is 8.62. The van der Waals surface area contributed by atoms with Crippen LogP contribution in [0.3, 0.4) is 0 Å². The Morgan fingerprint density at radius 3 is 2.68 bits per heavy atom. The summed E-state index contributed by atoms with van der Waals surface area (Å²) in [7, 11) is 3.16. The lowest BCUT2D eigenvalue weighted by molar-refractivity contribution is 0.0602. The maximum Gasteiger partial charge on any atom is 0.349 e. The highest BCUT2D eigenvalue weighted by atomic mass is 32.2. The van der Waals surface area contributed by atoms with Crippen molar-refractivity contribution in [2.75, 3.05) is 27.7 Å². The van der Waals surface area contributed by atoms with Gasteiger partial charge in [0.15, 0.2) is 0 Å². The van der Waals surface area contributed by atoms with Crippen LogP contribution in [0.1, 0.15) is 21.3 Å². The van der Waals surface area contributed by atoms with E-state index < -0.39 is 16.0 Å². The Hall–Kier alpha value is -2.20. The van der Waals surface area contributed by atoms with E-state index in [-0.39, 0.29) is 22.4 Å². The lowest BCUT2D eigenvalue weighted by atomic mass is 10.1. The molecular formula is C19H23N3O4S2. The molecule has 0 amide bonds. The lowest BCUT2D eigenvalue weighted by Gasteiger charge is -2.24. The third kappa shape index (κ3) is 3.83. The summed E-state index contributed by atoms with van der Waals surface area (Å²) in [4.78, 5) is 13.8. The number of aryl methyl sites for hydroxylation is 1. The first kappa shape index (κ1) is 20.5. The average Bonchev–Trinajstić information content (AvgIpc) is 3.28. The number of methoxy groups -OCH3 is 1. The van der Waals surface area contributed by atoms with Gasteiger partial charge in [-0.1, -0.05) is 18.2 Å². The number of aromatic nitrogens is 1. The van der Waals surface area contributed by atoms with Gasteiger partial charge in [-0.25, -0.2) is 17.9 Å². The van der Waals surface area contributed by atoms with Crippen molar-refractivity contribution in [3.63, 3.8) is 0 Å². The Kier molecular flexibility index (Phi) is 5.90. The molecule has 0 aliphatic rings. The largest absolute Gasteiger partial charge is 0.465 e. The van der Waals surface area contributed by atoms with E-state index in [1.807, 2.05) is 61.1 Å². The van der Waals surface area contributed by atoms with Gasteiger partial charge in [0.25, 0.3) is 0 Å². The van der Waals surface area contributed by atoms with Crippen molar-refractivity contribution in [2.24, 2.45) is 7.05 Å². The van der Waals surface area contributed by atoms with Crippen molar-refractivity contribution >= 4 is 38.2 Å². The Balaban J connectivity index is 1.90. The van der Waals surface area contributed by atoms with Crippen LogP contribution in [0.15, 0.2) is 46.8 Å². The van der Waals surface area contributed by atoms with Crippen molar-refractivity contribution in [1.82, 2.24) is 14.2 Å². The van der Waals surface area contributed by atoms with E-state index in [0.29, 0.717) is 0 Å². The zero-order valence-corrected chi connectivity index (χ0v) is 17.8.